The maximum absolute atomic E-state index is 11.6. The Morgan fingerprint density at radius 2 is 2.11 bits per heavy atom. The average molecular weight is 275 g/mol. The molecular weight excluding hydrogens is 258 g/mol. The number of amides is 1. The Balaban J connectivity index is 1.57. The number of carbonyl (C=O) groups is 1. The highest BCUT2D eigenvalue weighted by atomic mass is 32.2. The molecule has 1 aromatic carbocycles. The Morgan fingerprint density at radius 3 is 2.84 bits per heavy atom. The van der Waals surface area contributed by atoms with Gasteiger partial charge in [0.15, 0.2) is 0 Å². The zero-order valence-electron chi connectivity index (χ0n) is 10.6. The van der Waals surface area contributed by atoms with Crippen LogP contribution in [0.4, 0.5) is 0 Å². The summed E-state index contributed by atoms with van der Waals surface area (Å²) in [5, 5.41) is 9.49. The van der Waals surface area contributed by atoms with Crippen molar-refractivity contribution >= 4 is 17.7 Å². The van der Waals surface area contributed by atoms with Gasteiger partial charge in [0.2, 0.25) is 5.91 Å². The van der Waals surface area contributed by atoms with Crippen molar-refractivity contribution in [3.8, 4) is 0 Å². The van der Waals surface area contributed by atoms with E-state index in [1.54, 1.807) is 18.0 Å². The van der Waals surface area contributed by atoms with Gasteiger partial charge >= 0.3 is 0 Å². The predicted molar refractivity (Wildman–Crippen MR) is 77.9 cm³/mol. The molecule has 0 spiro atoms. The molecule has 0 saturated carbocycles. The SMILES string of the molecule is O=C(CSCCc1ccccc1)NCc1ccn[nH]1. The lowest BCUT2D eigenvalue weighted by molar-refractivity contribution is -0.118. The number of benzene rings is 1. The molecule has 2 aromatic rings. The largest absolute Gasteiger partial charge is 0.350 e. The van der Waals surface area contributed by atoms with Crippen LogP contribution in [-0.4, -0.2) is 27.6 Å². The van der Waals surface area contributed by atoms with Gasteiger partial charge in [-0.1, -0.05) is 30.3 Å². The molecule has 1 amide bonds. The third kappa shape index (κ3) is 5.18. The van der Waals surface area contributed by atoms with Gasteiger partial charge in [0.25, 0.3) is 0 Å². The van der Waals surface area contributed by atoms with Gasteiger partial charge in [-0.3, -0.25) is 9.89 Å². The van der Waals surface area contributed by atoms with Crippen molar-refractivity contribution in [1.29, 1.82) is 0 Å². The van der Waals surface area contributed by atoms with Crippen LogP contribution in [0, 0.1) is 0 Å². The zero-order chi connectivity index (χ0) is 13.3. The number of aromatic amines is 1. The van der Waals surface area contributed by atoms with Crippen molar-refractivity contribution in [3.63, 3.8) is 0 Å². The van der Waals surface area contributed by atoms with Crippen molar-refractivity contribution in [2.45, 2.75) is 13.0 Å². The molecule has 5 heteroatoms. The molecule has 0 atom stereocenters. The van der Waals surface area contributed by atoms with Crippen molar-refractivity contribution in [2.24, 2.45) is 0 Å². The fourth-order valence-corrected chi connectivity index (χ4v) is 2.44. The molecule has 1 heterocycles. The topological polar surface area (TPSA) is 57.8 Å². The van der Waals surface area contributed by atoms with Crippen molar-refractivity contribution < 1.29 is 4.79 Å². The lowest BCUT2D eigenvalue weighted by atomic mass is 10.2. The summed E-state index contributed by atoms with van der Waals surface area (Å²) in [6.45, 7) is 0.512. The Labute approximate surface area is 117 Å². The minimum atomic E-state index is 0.0626. The minimum absolute atomic E-state index is 0.0626. The molecular formula is C14H17N3OS. The van der Waals surface area contributed by atoms with Crippen LogP contribution >= 0.6 is 11.8 Å². The lowest BCUT2D eigenvalue weighted by Gasteiger charge is -2.04. The van der Waals surface area contributed by atoms with Gasteiger partial charge < -0.3 is 5.32 Å². The number of aromatic nitrogens is 2. The van der Waals surface area contributed by atoms with Gasteiger partial charge in [-0.05, 0) is 23.8 Å². The van der Waals surface area contributed by atoms with E-state index in [-0.39, 0.29) is 5.91 Å². The molecule has 0 aliphatic carbocycles. The molecule has 0 saturated heterocycles. The number of aryl methyl sites for hydroxylation is 1. The molecule has 1 aromatic heterocycles. The second-order valence-electron chi connectivity index (χ2n) is 4.15. The highest BCUT2D eigenvalue weighted by molar-refractivity contribution is 7.99. The normalized spacial score (nSPS) is 10.3. The smallest absolute Gasteiger partial charge is 0.230 e. The Kier molecular flexibility index (Phi) is 5.49. The molecule has 2 rings (SSSR count). The maximum Gasteiger partial charge on any atom is 0.230 e. The number of nitrogens with zero attached hydrogens (tertiary/aromatic N) is 1. The quantitative estimate of drug-likeness (QED) is 0.760. The van der Waals surface area contributed by atoms with E-state index in [0.29, 0.717) is 12.3 Å². The van der Waals surface area contributed by atoms with Crippen LogP contribution in [0.2, 0.25) is 0 Å². The van der Waals surface area contributed by atoms with Gasteiger partial charge in [0.05, 0.1) is 18.0 Å². The molecule has 100 valence electrons. The van der Waals surface area contributed by atoms with Crippen LogP contribution in [0.3, 0.4) is 0 Å². The second-order valence-corrected chi connectivity index (χ2v) is 5.25. The Bertz CT molecular complexity index is 485. The first-order chi connectivity index (χ1) is 9.34. The van der Waals surface area contributed by atoms with E-state index in [4.69, 9.17) is 0 Å². The molecule has 4 nitrogen and oxygen atoms in total. The summed E-state index contributed by atoms with van der Waals surface area (Å²) in [5.74, 6) is 1.52. The van der Waals surface area contributed by atoms with E-state index in [1.165, 1.54) is 5.56 Å². The summed E-state index contributed by atoms with van der Waals surface area (Å²) in [6, 6.07) is 12.2. The predicted octanol–water partition coefficient (Wildman–Crippen LogP) is 2.00. The zero-order valence-corrected chi connectivity index (χ0v) is 11.5. The molecule has 0 aliphatic rings. The fraction of sp³-hybridized carbons (Fsp3) is 0.286. The second kappa shape index (κ2) is 7.63. The summed E-state index contributed by atoms with van der Waals surface area (Å²) in [5.41, 5.74) is 2.23. The monoisotopic (exact) mass is 275 g/mol. The summed E-state index contributed by atoms with van der Waals surface area (Å²) >= 11 is 1.66. The number of rotatable bonds is 7. The molecule has 0 bridgehead atoms. The number of thioether (sulfide) groups is 1. The number of H-pyrrole nitrogens is 1. The third-order valence-corrected chi connectivity index (χ3v) is 3.60. The molecule has 0 unspecified atom stereocenters. The van der Waals surface area contributed by atoms with E-state index in [9.17, 15) is 4.79 Å². The summed E-state index contributed by atoms with van der Waals surface area (Å²) in [6.07, 6.45) is 2.68. The van der Waals surface area contributed by atoms with E-state index >= 15 is 0 Å². The molecule has 0 fully saturated rings. The van der Waals surface area contributed by atoms with E-state index in [1.807, 2.05) is 24.3 Å². The number of hydrogen-bond acceptors (Lipinski definition) is 3. The number of carbonyl (C=O) groups excluding carboxylic acids is 1. The first-order valence-corrected chi connectivity index (χ1v) is 7.36. The van der Waals surface area contributed by atoms with Crippen LogP contribution in [0.1, 0.15) is 11.3 Å². The van der Waals surface area contributed by atoms with Gasteiger partial charge in [0.1, 0.15) is 0 Å². The van der Waals surface area contributed by atoms with Gasteiger partial charge in [-0.15, -0.1) is 0 Å². The molecule has 0 radical (unpaired) electrons. The van der Waals surface area contributed by atoms with Gasteiger partial charge in [-0.25, -0.2) is 0 Å². The maximum atomic E-state index is 11.6. The fourth-order valence-electron chi connectivity index (χ4n) is 1.63. The van der Waals surface area contributed by atoms with Crippen LogP contribution in [0.15, 0.2) is 42.6 Å². The van der Waals surface area contributed by atoms with Gasteiger partial charge in [0, 0.05) is 6.20 Å². The van der Waals surface area contributed by atoms with Crippen LogP contribution in [0.25, 0.3) is 0 Å². The Morgan fingerprint density at radius 1 is 1.26 bits per heavy atom. The number of hydrogen-bond donors (Lipinski definition) is 2. The van der Waals surface area contributed by atoms with Gasteiger partial charge in [-0.2, -0.15) is 16.9 Å². The summed E-state index contributed by atoms with van der Waals surface area (Å²) < 4.78 is 0. The van der Waals surface area contributed by atoms with Crippen LogP contribution < -0.4 is 5.32 Å². The van der Waals surface area contributed by atoms with Crippen molar-refractivity contribution in [3.05, 3.63) is 53.9 Å². The highest BCUT2D eigenvalue weighted by Crippen LogP contribution is 2.06. The number of nitrogens with one attached hydrogen (secondary N) is 2. The average Bonchev–Trinajstić information content (AvgIpc) is 2.96. The summed E-state index contributed by atoms with van der Waals surface area (Å²) in [7, 11) is 0. The van der Waals surface area contributed by atoms with Crippen LogP contribution in [-0.2, 0) is 17.8 Å². The first kappa shape index (κ1) is 13.7. The minimum Gasteiger partial charge on any atom is -0.350 e. The highest BCUT2D eigenvalue weighted by Gasteiger charge is 2.02. The Hall–Kier alpha value is -1.75. The van der Waals surface area contributed by atoms with Crippen molar-refractivity contribution in [2.75, 3.05) is 11.5 Å². The molecule has 0 aliphatic heterocycles. The van der Waals surface area contributed by atoms with E-state index in [0.717, 1.165) is 17.9 Å². The van der Waals surface area contributed by atoms with Crippen molar-refractivity contribution in [1.82, 2.24) is 15.5 Å². The van der Waals surface area contributed by atoms with Crippen LogP contribution in [0.5, 0.6) is 0 Å². The summed E-state index contributed by atoms with van der Waals surface area (Å²) in [4.78, 5) is 11.6. The first-order valence-electron chi connectivity index (χ1n) is 6.21. The standard InChI is InChI=1S/C14H17N3OS/c18-14(15-10-13-6-8-16-17-13)11-19-9-7-12-4-2-1-3-5-12/h1-6,8H,7,9-11H2,(H,15,18)(H,16,17). The molecule has 2 N–H and O–H groups in total. The molecule has 19 heavy (non-hydrogen) atoms. The van der Waals surface area contributed by atoms with E-state index in [2.05, 4.69) is 27.6 Å². The lowest BCUT2D eigenvalue weighted by Crippen LogP contribution is -2.24. The van der Waals surface area contributed by atoms with E-state index < -0.39 is 0 Å². The third-order valence-electron chi connectivity index (χ3n) is 2.65.